The van der Waals surface area contributed by atoms with E-state index in [2.05, 4.69) is 5.32 Å². The van der Waals surface area contributed by atoms with Crippen molar-refractivity contribution in [3.63, 3.8) is 0 Å². The van der Waals surface area contributed by atoms with Crippen LogP contribution < -0.4 is 5.32 Å². The first-order valence-corrected chi connectivity index (χ1v) is 6.43. The first-order valence-electron chi connectivity index (χ1n) is 6.43. The Bertz CT molecular complexity index is 731. The number of rotatable bonds is 4. The summed E-state index contributed by atoms with van der Waals surface area (Å²) in [6.45, 7) is 1.79. The van der Waals surface area contributed by atoms with Gasteiger partial charge in [0, 0.05) is 11.1 Å². The first-order chi connectivity index (χ1) is 10.4. The third-order valence-electron chi connectivity index (χ3n) is 3.00. The van der Waals surface area contributed by atoms with Gasteiger partial charge in [-0.15, -0.1) is 0 Å². The van der Waals surface area contributed by atoms with Gasteiger partial charge in [0.05, 0.1) is 0 Å². The van der Waals surface area contributed by atoms with E-state index in [-0.39, 0.29) is 11.1 Å². The number of carbonyl (C=O) groups excluding carboxylic acids is 2. The molecule has 2 N–H and O–H groups in total. The third kappa shape index (κ3) is 3.53. The summed E-state index contributed by atoms with van der Waals surface area (Å²) >= 11 is 0. The van der Waals surface area contributed by atoms with Gasteiger partial charge in [-0.05, 0) is 37.3 Å². The topological polar surface area (TPSA) is 66.4 Å². The molecule has 1 atom stereocenters. The van der Waals surface area contributed by atoms with Crippen molar-refractivity contribution >= 4 is 11.7 Å². The van der Waals surface area contributed by atoms with Crippen LogP contribution in [0, 0.1) is 18.6 Å². The molecule has 0 aliphatic carbocycles. The zero-order chi connectivity index (χ0) is 16.3. The lowest BCUT2D eigenvalue weighted by Crippen LogP contribution is -2.40. The van der Waals surface area contributed by atoms with Crippen LogP contribution in [0.15, 0.2) is 42.5 Å². The maximum Gasteiger partial charge on any atom is 0.253 e. The van der Waals surface area contributed by atoms with Crippen molar-refractivity contribution in [1.82, 2.24) is 5.32 Å². The molecule has 1 amide bonds. The fourth-order valence-electron chi connectivity index (χ4n) is 1.87. The summed E-state index contributed by atoms with van der Waals surface area (Å²) in [5.41, 5.74) is 0.877. The number of aryl methyl sites for hydroxylation is 1. The number of hydrogen-bond donors (Lipinski definition) is 2. The molecular formula is C16H13F2NO3. The van der Waals surface area contributed by atoms with Gasteiger partial charge in [-0.25, -0.2) is 8.78 Å². The molecule has 0 fully saturated rings. The van der Waals surface area contributed by atoms with Gasteiger partial charge in [-0.1, -0.05) is 17.7 Å². The standard InChI is InChI=1S/C16H13F2NO3/c1-9-3-2-4-11(7-9)15(21)19-16(22)14(20)10-5-6-12(17)13(18)8-10/h2-8,16,22H,1H3,(H,19,21). The summed E-state index contributed by atoms with van der Waals surface area (Å²) in [5, 5.41) is 11.8. The predicted octanol–water partition coefficient (Wildman–Crippen LogP) is 2.20. The fourth-order valence-corrected chi connectivity index (χ4v) is 1.87. The average Bonchev–Trinajstić information content (AvgIpc) is 2.49. The van der Waals surface area contributed by atoms with Gasteiger partial charge in [0.2, 0.25) is 5.78 Å². The Kier molecular flexibility index (Phi) is 4.62. The number of ketones is 1. The summed E-state index contributed by atoms with van der Waals surface area (Å²) < 4.78 is 25.9. The fraction of sp³-hybridized carbons (Fsp3) is 0.125. The van der Waals surface area contributed by atoms with Crippen molar-refractivity contribution in [1.29, 1.82) is 0 Å². The highest BCUT2D eigenvalue weighted by Crippen LogP contribution is 2.11. The largest absolute Gasteiger partial charge is 0.367 e. The van der Waals surface area contributed by atoms with Crippen LogP contribution in [0.5, 0.6) is 0 Å². The number of Topliss-reactive ketones (excluding diaryl/α,β-unsaturated/α-hetero) is 1. The molecule has 0 saturated carbocycles. The number of hydrogen-bond acceptors (Lipinski definition) is 3. The van der Waals surface area contributed by atoms with Crippen molar-refractivity contribution < 1.29 is 23.5 Å². The van der Waals surface area contributed by atoms with Crippen molar-refractivity contribution in [3.05, 3.63) is 70.8 Å². The minimum absolute atomic E-state index is 0.240. The zero-order valence-electron chi connectivity index (χ0n) is 11.6. The lowest BCUT2D eigenvalue weighted by Gasteiger charge is -2.12. The highest BCUT2D eigenvalue weighted by atomic mass is 19.2. The summed E-state index contributed by atoms with van der Waals surface area (Å²) in [6, 6.07) is 9.04. The van der Waals surface area contributed by atoms with E-state index >= 15 is 0 Å². The Hall–Kier alpha value is -2.60. The summed E-state index contributed by atoms with van der Waals surface area (Å²) in [7, 11) is 0. The van der Waals surface area contributed by atoms with Gasteiger partial charge >= 0.3 is 0 Å². The zero-order valence-corrected chi connectivity index (χ0v) is 11.6. The maximum atomic E-state index is 13.1. The van der Waals surface area contributed by atoms with Crippen molar-refractivity contribution in [3.8, 4) is 0 Å². The van der Waals surface area contributed by atoms with E-state index in [4.69, 9.17) is 0 Å². The molecule has 4 nitrogen and oxygen atoms in total. The Morgan fingerprint density at radius 3 is 2.41 bits per heavy atom. The second-order valence-electron chi connectivity index (χ2n) is 4.74. The van der Waals surface area contributed by atoms with Crippen LogP contribution in [0.4, 0.5) is 8.78 Å². The lowest BCUT2D eigenvalue weighted by atomic mass is 10.1. The Morgan fingerprint density at radius 1 is 1.05 bits per heavy atom. The molecule has 0 aliphatic rings. The molecule has 6 heteroatoms. The van der Waals surface area contributed by atoms with Crippen molar-refractivity contribution in [2.24, 2.45) is 0 Å². The van der Waals surface area contributed by atoms with Crippen LogP contribution in [0.1, 0.15) is 26.3 Å². The molecule has 22 heavy (non-hydrogen) atoms. The van der Waals surface area contributed by atoms with Gasteiger partial charge in [0.15, 0.2) is 17.9 Å². The van der Waals surface area contributed by atoms with Gasteiger partial charge in [-0.2, -0.15) is 0 Å². The molecule has 0 aliphatic heterocycles. The van der Waals surface area contributed by atoms with E-state index in [9.17, 15) is 23.5 Å². The second kappa shape index (κ2) is 6.44. The number of benzene rings is 2. The lowest BCUT2D eigenvalue weighted by molar-refractivity contribution is 0.0607. The summed E-state index contributed by atoms with van der Waals surface area (Å²) in [5.74, 6) is -3.88. The minimum Gasteiger partial charge on any atom is -0.367 e. The van der Waals surface area contributed by atoms with E-state index in [0.29, 0.717) is 6.07 Å². The molecule has 2 aromatic carbocycles. The van der Waals surface area contributed by atoms with Crippen LogP contribution in [0.2, 0.25) is 0 Å². The van der Waals surface area contributed by atoms with Crippen LogP contribution >= 0.6 is 0 Å². The van der Waals surface area contributed by atoms with Crippen molar-refractivity contribution in [2.75, 3.05) is 0 Å². The first kappa shape index (κ1) is 15.8. The Morgan fingerprint density at radius 2 is 1.77 bits per heavy atom. The third-order valence-corrected chi connectivity index (χ3v) is 3.00. The highest BCUT2D eigenvalue weighted by molar-refractivity contribution is 6.03. The Labute approximate surface area is 125 Å². The Balaban J connectivity index is 2.11. The molecule has 0 spiro atoms. The summed E-state index contributed by atoms with van der Waals surface area (Å²) in [4.78, 5) is 23.8. The maximum absolute atomic E-state index is 13.1. The molecule has 0 heterocycles. The normalized spacial score (nSPS) is 11.8. The summed E-state index contributed by atoms with van der Waals surface area (Å²) in [6.07, 6.45) is -1.85. The molecule has 2 rings (SSSR count). The van der Waals surface area contributed by atoms with Gasteiger partial charge in [0.25, 0.3) is 5.91 Å². The molecule has 2 aromatic rings. The van der Waals surface area contributed by atoms with Gasteiger partial charge in [0.1, 0.15) is 0 Å². The SMILES string of the molecule is Cc1cccc(C(=O)NC(O)C(=O)c2ccc(F)c(F)c2)c1. The molecule has 114 valence electrons. The van der Waals surface area contributed by atoms with Gasteiger partial charge < -0.3 is 10.4 Å². The van der Waals surface area contributed by atoms with E-state index < -0.39 is 29.6 Å². The van der Waals surface area contributed by atoms with E-state index in [1.165, 1.54) is 6.07 Å². The van der Waals surface area contributed by atoms with Crippen LogP contribution in [-0.4, -0.2) is 23.0 Å². The number of aliphatic hydroxyl groups excluding tert-OH is 1. The average molecular weight is 305 g/mol. The predicted molar refractivity (Wildman–Crippen MR) is 75.3 cm³/mol. The van der Waals surface area contributed by atoms with E-state index in [1.54, 1.807) is 25.1 Å². The van der Waals surface area contributed by atoms with Crippen LogP contribution in [-0.2, 0) is 0 Å². The van der Waals surface area contributed by atoms with Crippen LogP contribution in [0.25, 0.3) is 0 Å². The monoisotopic (exact) mass is 305 g/mol. The minimum atomic E-state index is -1.85. The number of amides is 1. The number of nitrogens with one attached hydrogen (secondary N) is 1. The molecule has 0 saturated heterocycles. The van der Waals surface area contributed by atoms with Crippen LogP contribution in [0.3, 0.4) is 0 Å². The molecular weight excluding hydrogens is 292 g/mol. The highest BCUT2D eigenvalue weighted by Gasteiger charge is 2.21. The van der Waals surface area contributed by atoms with E-state index in [0.717, 1.165) is 17.7 Å². The smallest absolute Gasteiger partial charge is 0.253 e. The molecule has 0 aromatic heterocycles. The van der Waals surface area contributed by atoms with E-state index in [1.807, 2.05) is 0 Å². The quantitative estimate of drug-likeness (QED) is 0.672. The van der Waals surface area contributed by atoms with Crippen molar-refractivity contribution in [2.45, 2.75) is 13.2 Å². The number of aliphatic hydroxyl groups is 1. The molecule has 1 unspecified atom stereocenters. The van der Waals surface area contributed by atoms with Gasteiger partial charge in [-0.3, -0.25) is 9.59 Å². The molecule has 0 radical (unpaired) electrons. The number of carbonyl (C=O) groups is 2. The number of halogens is 2. The second-order valence-corrected chi connectivity index (χ2v) is 4.74. The molecule has 0 bridgehead atoms.